The van der Waals surface area contributed by atoms with Crippen LogP contribution in [0.5, 0.6) is 0 Å². The molecule has 19 heavy (non-hydrogen) atoms. The summed E-state index contributed by atoms with van der Waals surface area (Å²) >= 11 is 0. The summed E-state index contributed by atoms with van der Waals surface area (Å²) in [7, 11) is 0. The lowest BCUT2D eigenvalue weighted by Crippen LogP contribution is -2.26. The predicted octanol–water partition coefficient (Wildman–Crippen LogP) is 2.47. The second kappa shape index (κ2) is 5.43. The molecular weight excluding hydrogens is 242 g/mol. The van der Waals surface area contributed by atoms with Gasteiger partial charge in [-0.25, -0.2) is 9.97 Å². The summed E-state index contributed by atoms with van der Waals surface area (Å²) in [6, 6.07) is 1.95. The van der Waals surface area contributed by atoms with Gasteiger partial charge in [-0.05, 0) is 20.8 Å². The van der Waals surface area contributed by atoms with Gasteiger partial charge in [-0.1, -0.05) is 13.8 Å². The van der Waals surface area contributed by atoms with Crippen LogP contribution < -0.4 is 5.32 Å². The molecule has 1 unspecified atom stereocenters. The highest BCUT2D eigenvalue weighted by atomic mass is 16.7. The van der Waals surface area contributed by atoms with Gasteiger partial charge in [0, 0.05) is 24.2 Å². The van der Waals surface area contributed by atoms with Crippen molar-refractivity contribution in [3.8, 4) is 0 Å². The molecule has 1 aromatic heterocycles. The summed E-state index contributed by atoms with van der Waals surface area (Å²) in [4.78, 5) is 8.94. The summed E-state index contributed by atoms with van der Waals surface area (Å²) in [6.45, 7) is 11.3. The molecule has 0 bridgehead atoms. The quantitative estimate of drug-likeness (QED) is 0.906. The summed E-state index contributed by atoms with van der Waals surface area (Å²) in [5.41, 5.74) is 0.977. The Bertz CT molecular complexity index is 446. The zero-order chi connectivity index (χ0) is 14.0. The van der Waals surface area contributed by atoms with Crippen molar-refractivity contribution in [3.63, 3.8) is 0 Å². The highest BCUT2D eigenvalue weighted by Gasteiger charge is 2.32. The van der Waals surface area contributed by atoms with Gasteiger partial charge in [0.15, 0.2) is 5.79 Å². The van der Waals surface area contributed by atoms with E-state index in [4.69, 9.17) is 9.47 Å². The molecule has 0 aliphatic carbocycles. The average molecular weight is 265 g/mol. The third-order valence-electron chi connectivity index (χ3n) is 2.97. The average Bonchev–Trinajstić information content (AvgIpc) is 2.65. The van der Waals surface area contributed by atoms with E-state index in [0.29, 0.717) is 19.1 Å². The number of aromatic nitrogens is 2. The molecule has 5 nitrogen and oxygen atoms in total. The van der Waals surface area contributed by atoms with Gasteiger partial charge in [-0.3, -0.25) is 0 Å². The van der Waals surface area contributed by atoms with Crippen molar-refractivity contribution >= 4 is 5.82 Å². The van der Waals surface area contributed by atoms with E-state index in [9.17, 15) is 0 Å². The molecule has 1 aliphatic heterocycles. The van der Waals surface area contributed by atoms with Crippen molar-refractivity contribution in [3.05, 3.63) is 17.6 Å². The molecule has 5 heteroatoms. The second-order valence-electron chi connectivity index (χ2n) is 5.74. The van der Waals surface area contributed by atoms with Crippen LogP contribution in [0, 0.1) is 6.92 Å². The van der Waals surface area contributed by atoms with E-state index in [1.807, 2.05) is 26.8 Å². The second-order valence-corrected chi connectivity index (χ2v) is 5.74. The Balaban J connectivity index is 1.96. The maximum Gasteiger partial charge on any atom is 0.163 e. The number of nitrogens with zero attached hydrogens (tertiary/aromatic N) is 2. The van der Waals surface area contributed by atoms with Gasteiger partial charge in [0.25, 0.3) is 0 Å². The number of anilines is 1. The lowest BCUT2D eigenvalue weighted by Gasteiger charge is -2.17. The van der Waals surface area contributed by atoms with Crippen molar-refractivity contribution in [1.29, 1.82) is 0 Å². The molecular formula is C14H23N3O2. The van der Waals surface area contributed by atoms with Crippen molar-refractivity contribution in [2.24, 2.45) is 0 Å². The molecule has 106 valence electrons. The first kappa shape index (κ1) is 14.2. The summed E-state index contributed by atoms with van der Waals surface area (Å²) in [5.74, 6) is 1.57. The molecule has 1 aliphatic rings. The van der Waals surface area contributed by atoms with Crippen molar-refractivity contribution in [1.82, 2.24) is 9.97 Å². The maximum atomic E-state index is 5.75. The topological polar surface area (TPSA) is 56.3 Å². The first-order valence-corrected chi connectivity index (χ1v) is 6.77. The maximum absolute atomic E-state index is 5.75. The number of hydrogen-bond donors (Lipinski definition) is 1. The van der Waals surface area contributed by atoms with Crippen LogP contribution in [0.1, 0.15) is 45.1 Å². The Morgan fingerprint density at radius 2 is 2.16 bits per heavy atom. The number of rotatable bonds is 4. The molecule has 2 rings (SSSR count). The van der Waals surface area contributed by atoms with Crippen LogP contribution in [-0.2, 0) is 9.47 Å². The minimum Gasteiger partial charge on any atom is -0.367 e. The number of hydrogen-bond acceptors (Lipinski definition) is 5. The van der Waals surface area contributed by atoms with Gasteiger partial charge in [-0.15, -0.1) is 0 Å². The minimum absolute atomic E-state index is 0.0628. The van der Waals surface area contributed by atoms with Gasteiger partial charge < -0.3 is 14.8 Å². The Kier molecular flexibility index (Phi) is 4.06. The highest BCUT2D eigenvalue weighted by molar-refractivity contribution is 5.36. The van der Waals surface area contributed by atoms with Gasteiger partial charge >= 0.3 is 0 Å². The van der Waals surface area contributed by atoms with E-state index in [1.54, 1.807) is 0 Å². The van der Waals surface area contributed by atoms with Gasteiger partial charge in [0.2, 0.25) is 0 Å². The van der Waals surface area contributed by atoms with E-state index >= 15 is 0 Å². The minimum atomic E-state index is -0.475. The first-order chi connectivity index (χ1) is 8.85. The van der Waals surface area contributed by atoms with Gasteiger partial charge in [0.1, 0.15) is 17.7 Å². The van der Waals surface area contributed by atoms with Crippen LogP contribution in [0.2, 0.25) is 0 Å². The largest absolute Gasteiger partial charge is 0.367 e. The standard InChI is InChI=1S/C14H23N3O2/c1-9(2)13-16-10(3)6-12(17-13)15-7-11-8-18-14(4,5)19-11/h6,9,11H,7-8H2,1-5H3,(H,15,16,17). The molecule has 1 N–H and O–H groups in total. The van der Waals surface area contributed by atoms with Crippen molar-refractivity contribution in [2.45, 2.75) is 52.4 Å². The number of nitrogens with one attached hydrogen (secondary N) is 1. The Labute approximate surface area is 114 Å². The molecule has 2 heterocycles. The normalized spacial score (nSPS) is 21.9. The van der Waals surface area contributed by atoms with Crippen LogP contribution in [0.4, 0.5) is 5.82 Å². The fourth-order valence-corrected chi connectivity index (χ4v) is 2.02. The van der Waals surface area contributed by atoms with Crippen molar-refractivity contribution < 1.29 is 9.47 Å². The van der Waals surface area contributed by atoms with Crippen LogP contribution in [0.15, 0.2) is 6.07 Å². The molecule has 0 saturated carbocycles. The van der Waals surface area contributed by atoms with Crippen LogP contribution in [0.25, 0.3) is 0 Å². The third kappa shape index (κ3) is 3.88. The Morgan fingerprint density at radius 1 is 1.42 bits per heavy atom. The van der Waals surface area contributed by atoms with Crippen LogP contribution >= 0.6 is 0 Å². The summed E-state index contributed by atoms with van der Waals surface area (Å²) < 4.78 is 11.3. The fraction of sp³-hybridized carbons (Fsp3) is 0.714. The number of ether oxygens (including phenoxy) is 2. The zero-order valence-corrected chi connectivity index (χ0v) is 12.4. The molecule has 0 radical (unpaired) electrons. The number of aryl methyl sites for hydroxylation is 1. The molecule has 0 amide bonds. The summed E-state index contributed by atoms with van der Waals surface area (Å²) in [6.07, 6.45) is 0.0628. The lowest BCUT2D eigenvalue weighted by molar-refractivity contribution is -0.136. The predicted molar refractivity (Wildman–Crippen MR) is 74.3 cm³/mol. The molecule has 1 saturated heterocycles. The first-order valence-electron chi connectivity index (χ1n) is 6.77. The van der Waals surface area contributed by atoms with Gasteiger partial charge in [0.05, 0.1) is 6.61 Å². The summed E-state index contributed by atoms with van der Waals surface area (Å²) in [5, 5.41) is 3.30. The van der Waals surface area contributed by atoms with Gasteiger partial charge in [-0.2, -0.15) is 0 Å². The van der Waals surface area contributed by atoms with E-state index in [1.165, 1.54) is 0 Å². The molecule has 0 spiro atoms. The molecule has 1 atom stereocenters. The van der Waals surface area contributed by atoms with E-state index in [0.717, 1.165) is 17.3 Å². The van der Waals surface area contributed by atoms with Crippen molar-refractivity contribution in [2.75, 3.05) is 18.5 Å². The van der Waals surface area contributed by atoms with E-state index < -0.39 is 5.79 Å². The lowest BCUT2D eigenvalue weighted by atomic mass is 10.2. The highest BCUT2D eigenvalue weighted by Crippen LogP contribution is 2.22. The third-order valence-corrected chi connectivity index (χ3v) is 2.97. The monoisotopic (exact) mass is 265 g/mol. The molecule has 0 aromatic carbocycles. The van der Waals surface area contributed by atoms with E-state index in [2.05, 4.69) is 29.1 Å². The zero-order valence-electron chi connectivity index (χ0n) is 12.4. The van der Waals surface area contributed by atoms with Crippen LogP contribution in [0.3, 0.4) is 0 Å². The Morgan fingerprint density at radius 3 is 2.74 bits per heavy atom. The van der Waals surface area contributed by atoms with Crippen LogP contribution in [-0.4, -0.2) is 35.0 Å². The van der Waals surface area contributed by atoms with E-state index in [-0.39, 0.29) is 6.10 Å². The smallest absolute Gasteiger partial charge is 0.163 e. The fourth-order valence-electron chi connectivity index (χ4n) is 2.02. The molecule has 1 fully saturated rings. The molecule has 1 aromatic rings. The Hall–Kier alpha value is -1.20. The SMILES string of the molecule is Cc1cc(NCC2COC(C)(C)O2)nc(C(C)C)n1.